The van der Waals surface area contributed by atoms with Crippen LogP contribution in [0.5, 0.6) is 23.0 Å². The molecule has 0 bridgehead atoms. The molecule has 3 aromatic carbocycles. The molecule has 0 spiro atoms. The van der Waals surface area contributed by atoms with Crippen LogP contribution in [0.2, 0.25) is 0 Å². The summed E-state index contributed by atoms with van der Waals surface area (Å²) in [7, 11) is 2.78. The van der Waals surface area contributed by atoms with Gasteiger partial charge >= 0.3 is 11.9 Å². The van der Waals surface area contributed by atoms with Gasteiger partial charge in [-0.15, -0.1) is 0 Å². The lowest BCUT2D eigenvalue weighted by atomic mass is 9.95. The minimum atomic E-state index is -0.926. The predicted octanol–water partition coefficient (Wildman–Crippen LogP) is 4.21. The largest absolute Gasteiger partial charge is 0.493 e. The van der Waals surface area contributed by atoms with Crippen LogP contribution in [0.4, 0.5) is 0 Å². The quantitative estimate of drug-likeness (QED) is 0.186. The smallest absolute Gasteiger partial charge is 0.343 e. The molecule has 13 heteroatoms. The number of ether oxygens (including phenoxy) is 6. The monoisotopic (exact) mass is 697 g/mol. The molecule has 0 N–H and O–H groups in total. The van der Waals surface area contributed by atoms with Gasteiger partial charge in [0.05, 0.1) is 60.9 Å². The first-order chi connectivity index (χ1) is 24.2. The zero-order valence-corrected chi connectivity index (χ0v) is 29.0. The minimum absolute atomic E-state index is 0.0931. The van der Waals surface area contributed by atoms with Crippen LogP contribution >= 0.6 is 11.3 Å². The normalized spacial score (nSPS) is 13.8. The van der Waals surface area contributed by atoms with E-state index in [0.29, 0.717) is 54.5 Å². The number of fused-ring (bicyclic) bond motifs is 1. The summed E-state index contributed by atoms with van der Waals surface area (Å²) in [4.78, 5) is 44.6. The zero-order chi connectivity index (χ0) is 35.8. The van der Waals surface area contributed by atoms with E-state index in [1.54, 1.807) is 75.4 Å². The van der Waals surface area contributed by atoms with Crippen LogP contribution in [0.3, 0.4) is 0 Å². The van der Waals surface area contributed by atoms with Crippen molar-refractivity contribution in [2.24, 2.45) is 4.99 Å². The third-order valence-corrected chi connectivity index (χ3v) is 8.68. The van der Waals surface area contributed by atoms with Gasteiger partial charge in [0.15, 0.2) is 34.4 Å². The molecule has 0 amide bonds. The molecule has 0 fully saturated rings. The Morgan fingerprint density at radius 3 is 2.50 bits per heavy atom. The Labute approximate surface area is 292 Å². The fraction of sp³-hybridized carbons (Fsp3) is 0.270. The fourth-order valence-corrected chi connectivity index (χ4v) is 6.43. The van der Waals surface area contributed by atoms with E-state index in [1.807, 2.05) is 12.1 Å². The van der Waals surface area contributed by atoms with Gasteiger partial charge in [0.25, 0.3) is 5.56 Å². The molecule has 0 aliphatic carbocycles. The van der Waals surface area contributed by atoms with E-state index in [0.717, 1.165) is 11.3 Å². The number of benzene rings is 3. The van der Waals surface area contributed by atoms with Crippen molar-refractivity contribution in [1.82, 2.24) is 4.57 Å². The standard InChI is InChI=1S/C37H35N3O9S/c1-6-46-29-17-23(15-16-27(29)48-21-31(41)45-5)33-32(36(43)47-7-2)22(3)39-37-40(33)35(42)30(50-37)18-24-13-10-14-28(44-4)34(24)49-20-26-12-9-8-11-25(26)19-38/h8-18,33H,6-7,20-21H2,1-5H3/b30-18+/t33-/m1/s1. The van der Waals surface area contributed by atoms with Crippen molar-refractivity contribution in [3.05, 3.63) is 114 Å². The Balaban J connectivity index is 1.64. The molecule has 1 aromatic heterocycles. The van der Waals surface area contributed by atoms with Gasteiger partial charge in [-0.05, 0) is 56.7 Å². The maximum absolute atomic E-state index is 14.3. The van der Waals surface area contributed by atoms with Crippen molar-refractivity contribution in [3.8, 4) is 29.1 Å². The highest BCUT2D eigenvalue weighted by Crippen LogP contribution is 2.37. The molecule has 0 unspecified atom stereocenters. The number of methoxy groups -OCH3 is 2. The summed E-state index contributed by atoms with van der Waals surface area (Å²) in [5, 5.41) is 9.55. The van der Waals surface area contributed by atoms with Crippen LogP contribution in [0.25, 0.3) is 6.08 Å². The Hall–Kier alpha value is -5.87. The van der Waals surface area contributed by atoms with Crippen molar-refractivity contribution in [3.63, 3.8) is 0 Å². The zero-order valence-electron chi connectivity index (χ0n) is 28.2. The highest BCUT2D eigenvalue weighted by molar-refractivity contribution is 7.07. The number of para-hydroxylation sites is 1. The van der Waals surface area contributed by atoms with Gasteiger partial charge in [0.2, 0.25) is 0 Å². The number of carbonyl (C=O) groups excluding carboxylic acids is 2. The van der Waals surface area contributed by atoms with E-state index in [1.165, 1.54) is 18.8 Å². The molecule has 4 aromatic rings. The van der Waals surface area contributed by atoms with Gasteiger partial charge in [-0.2, -0.15) is 5.26 Å². The third-order valence-electron chi connectivity index (χ3n) is 7.70. The third kappa shape index (κ3) is 7.40. The first-order valence-corrected chi connectivity index (χ1v) is 16.5. The Morgan fingerprint density at radius 1 is 0.980 bits per heavy atom. The molecule has 12 nitrogen and oxygen atoms in total. The van der Waals surface area contributed by atoms with Crippen LogP contribution in [-0.4, -0.2) is 50.5 Å². The molecule has 2 heterocycles. The van der Waals surface area contributed by atoms with Crippen LogP contribution < -0.4 is 33.8 Å². The summed E-state index contributed by atoms with van der Waals surface area (Å²) in [6.07, 6.45) is 1.69. The molecule has 1 atom stereocenters. The molecule has 1 aliphatic heterocycles. The number of thiazole rings is 1. The second kappa shape index (κ2) is 16.0. The van der Waals surface area contributed by atoms with Crippen LogP contribution in [-0.2, 0) is 25.7 Å². The lowest BCUT2D eigenvalue weighted by Gasteiger charge is -2.25. The fourth-order valence-electron chi connectivity index (χ4n) is 5.39. The number of nitriles is 1. The van der Waals surface area contributed by atoms with Crippen molar-refractivity contribution in [2.75, 3.05) is 34.0 Å². The first kappa shape index (κ1) is 35.4. The second-order valence-electron chi connectivity index (χ2n) is 10.7. The lowest BCUT2D eigenvalue weighted by Crippen LogP contribution is -2.40. The number of aromatic nitrogens is 1. The van der Waals surface area contributed by atoms with E-state index in [-0.39, 0.29) is 37.8 Å². The van der Waals surface area contributed by atoms with Gasteiger partial charge in [-0.25, -0.2) is 14.6 Å². The molecule has 258 valence electrons. The summed E-state index contributed by atoms with van der Waals surface area (Å²) in [5.41, 5.74) is 2.46. The van der Waals surface area contributed by atoms with Gasteiger partial charge in [-0.3, -0.25) is 9.36 Å². The summed E-state index contributed by atoms with van der Waals surface area (Å²) in [6, 6.07) is 18.7. The highest BCUT2D eigenvalue weighted by atomic mass is 32.1. The van der Waals surface area contributed by atoms with E-state index >= 15 is 0 Å². The van der Waals surface area contributed by atoms with Crippen molar-refractivity contribution in [2.45, 2.75) is 33.4 Å². The average Bonchev–Trinajstić information content (AvgIpc) is 3.43. The van der Waals surface area contributed by atoms with E-state index in [4.69, 9.17) is 23.7 Å². The van der Waals surface area contributed by atoms with E-state index < -0.39 is 23.5 Å². The number of allylic oxidation sites excluding steroid dienone is 1. The van der Waals surface area contributed by atoms with Crippen molar-refractivity contribution in [1.29, 1.82) is 5.26 Å². The summed E-state index contributed by atoms with van der Waals surface area (Å²) in [5.74, 6) is 0.246. The maximum Gasteiger partial charge on any atom is 0.343 e. The highest BCUT2D eigenvalue weighted by Gasteiger charge is 2.34. The molecule has 0 radical (unpaired) electrons. The molecular formula is C37H35N3O9S. The number of nitrogens with zero attached hydrogens (tertiary/aromatic N) is 3. The molecule has 0 saturated heterocycles. The van der Waals surface area contributed by atoms with Gasteiger partial charge in [-0.1, -0.05) is 47.7 Å². The number of hydrogen-bond donors (Lipinski definition) is 0. The Kier molecular flexibility index (Phi) is 11.4. The van der Waals surface area contributed by atoms with Gasteiger partial charge in [0, 0.05) is 11.1 Å². The average molecular weight is 698 g/mol. The summed E-state index contributed by atoms with van der Waals surface area (Å²) in [6.45, 7) is 5.36. The van der Waals surface area contributed by atoms with Crippen LogP contribution in [0.1, 0.15) is 49.1 Å². The van der Waals surface area contributed by atoms with E-state index in [2.05, 4.69) is 15.8 Å². The number of hydrogen-bond acceptors (Lipinski definition) is 12. The summed E-state index contributed by atoms with van der Waals surface area (Å²) >= 11 is 1.16. The number of rotatable bonds is 13. The van der Waals surface area contributed by atoms with Crippen molar-refractivity contribution >= 4 is 29.4 Å². The Bertz CT molecular complexity index is 2180. The maximum atomic E-state index is 14.3. The molecule has 5 rings (SSSR count). The number of carbonyl (C=O) groups is 2. The van der Waals surface area contributed by atoms with Gasteiger partial charge in [0.1, 0.15) is 6.61 Å². The Morgan fingerprint density at radius 2 is 1.78 bits per heavy atom. The molecule has 50 heavy (non-hydrogen) atoms. The predicted molar refractivity (Wildman–Crippen MR) is 184 cm³/mol. The van der Waals surface area contributed by atoms with Crippen molar-refractivity contribution < 1.29 is 38.0 Å². The molecular weight excluding hydrogens is 662 g/mol. The minimum Gasteiger partial charge on any atom is -0.493 e. The first-order valence-electron chi connectivity index (χ1n) is 15.7. The van der Waals surface area contributed by atoms with Crippen LogP contribution in [0.15, 0.2) is 81.7 Å². The molecule has 0 saturated carbocycles. The SMILES string of the molecule is CCOC(=O)C1=C(C)N=c2s/c(=C/c3cccc(OC)c3OCc3ccccc3C#N)c(=O)n2[C@@H]1c1ccc(OCC(=O)OC)c(OCC)c1. The van der Waals surface area contributed by atoms with E-state index in [9.17, 15) is 19.6 Å². The lowest BCUT2D eigenvalue weighted by molar-refractivity contribution is -0.143. The second-order valence-corrected chi connectivity index (χ2v) is 11.8. The molecule has 1 aliphatic rings. The van der Waals surface area contributed by atoms with Crippen LogP contribution in [0, 0.1) is 11.3 Å². The van der Waals surface area contributed by atoms with Gasteiger partial charge < -0.3 is 28.4 Å². The topological polar surface area (TPSA) is 148 Å². The number of esters is 2. The summed E-state index contributed by atoms with van der Waals surface area (Å²) < 4.78 is 35.2.